The van der Waals surface area contributed by atoms with E-state index in [9.17, 15) is 19.2 Å². The van der Waals surface area contributed by atoms with Crippen LogP contribution in [0.3, 0.4) is 0 Å². The van der Waals surface area contributed by atoms with Gasteiger partial charge in [0.05, 0.1) is 14.2 Å². The molecule has 0 spiro atoms. The van der Waals surface area contributed by atoms with Gasteiger partial charge in [-0.1, -0.05) is 0 Å². The molecule has 2 atom stereocenters. The van der Waals surface area contributed by atoms with Gasteiger partial charge in [0, 0.05) is 30.4 Å². The number of benzene rings is 1. The first-order valence-corrected chi connectivity index (χ1v) is 8.69. The quantitative estimate of drug-likeness (QED) is 0.538. The molecule has 1 fully saturated rings. The number of esters is 1. The smallest absolute Gasteiger partial charge is 0.336 e. The Morgan fingerprint density at radius 2 is 2.07 bits per heavy atom. The molecule has 2 N–H and O–H groups in total. The lowest BCUT2D eigenvalue weighted by Crippen LogP contribution is -2.50. The van der Waals surface area contributed by atoms with Gasteiger partial charge in [0.2, 0.25) is 11.8 Å². The van der Waals surface area contributed by atoms with Crippen molar-refractivity contribution in [1.29, 1.82) is 0 Å². The summed E-state index contributed by atoms with van der Waals surface area (Å²) >= 11 is 0. The molecule has 148 valence electrons. The predicted molar refractivity (Wildman–Crippen MR) is 97.9 cm³/mol. The molecule has 9 heteroatoms. The van der Waals surface area contributed by atoms with Gasteiger partial charge in [0.25, 0.3) is 0 Å². The SMILES string of the molecule is COC(=O)[C@H](Cc1cc(=O)oc2cc(OC)ccc12)NC(=O)[C@H]1CCC(=O)N1. The maximum Gasteiger partial charge on any atom is 0.336 e. The molecule has 1 aliphatic heterocycles. The molecule has 3 rings (SSSR count). The maximum atomic E-state index is 12.4. The van der Waals surface area contributed by atoms with E-state index in [0.29, 0.717) is 28.7 Å². The number of nitrogens with one attached hydrogen (secondary N) is 2. The fraction of sp³-hybridized carbons (Fsp3) is 0.368. The monoisotopic (exact) mass is 388 g/mol. The maximum absolute atomic E-state index is 12.4. The second-order valence-electron chi connectivity index (χ2n) is 6.40. The first-order valence-electron chi connectivity index (χ1n) is 8.69. The zero-order chi connectivity index (χ0) is 20.3. The highest BCUT2D eigenvalue weighted by atomic mass is 16.5. The second-order valence-corrected chi connectivity index (χ2v) is 6.40. The fourth-order valence-corrected chi connectivity index (χ4v) is 3.14. The van der Waals surface area contributed by atoms with Crippen LogP contribution in [0.15, 0.2) is 33.5 Å². The highest BCUT2D eigenvalue weighted by Gasteiger charge is 2.31. The summed E-state index contributed by atoms with van der Waals surface area (Å²) in [6, 6.07) is 4.53. The van der Waals surface area contributed by atoms with Crippen LogP contribution in [-0.4, -0.2) is 44.1 Å². The lowest BCUT2D eigenvalue weighted by Gasteiger charge is -2.19. The van der Waals surface area contributed by atoms with Crippen molar-refractivity contribution in [2.24, 2.45) is 0 Å². The zero-order valence-corrected chi connectivity index (χ0v) is 15.4. The molecule has 28 heavy (non-hydrogen) atoms. The number of carbonyl (C=O) groups is 3. The van der Waals surface area contributed by atoms with Crippen molar-refractivity contribution in [1.82, 2.24) is 10.6 Å². The van der Waals surface area contributed by atoms with Gasteiger partial charge in [0.15, 0.2) is 0 Å². The number of carbonyl (C=O) groups excluding carboxylic acids is 3. The standard InChI is InChI=1S/C19H20N2O7/c1-26-11-3-4-12-10(8-17(23)28-15(12)9-11)7-14(19(25)27-2)21-18(24)13-5-6-16(22)20-13/h3-4,8-9,13-14H,5-7H2,1-2H3,(H,20,22)(H,21,24)/t13-,14+/m1/s1. The number of amides is 2. The van der Waals surface area contributed by atoms with Gasteiger partial charge in [-0.05, 0) is 24.1 Å². The van der Waals surface area contributed by atoms with Crippen LogP contribution in [-0.2, 0) is 25.5 Å². The number of hydrogen-bond acceptors (Lipinski definition) is 7. The van der Waals surface area contributed by atoms with E-state index in [4.69, 9.17) is 13.9 Å². The first-order chi connectivity index (χ1) is 13.4. The largest absolute Gasteiger partial charge is 0.497 e. The summed E-state index contributed by atoms with van der Waals surface area (Å²) in [5.41, 5.74) is 0.230. The van der Waals surface area contributed by atoms with E-state index in [2.05, 4.69) is 10.6 Å². The van der Waals surface area contributed by atoms with Crippen LogP contribution in [0, 0.1) is 0 Å². The molecule has 0 radical (unpaired) electrons. The van der Waals surface area contributed by atoms with Crippen molar-refractivity contribution in [2.45, 2.75) is 31.3 Å². The third kappa shape index (κ3) is 4.13. The Kier molecular flexibility index (Phi) is 5.62. The number of fused-ring (bicyclic) bond motifs is 1. The van der Waals surface area contributed by atoms with E-state index in [-0.39, 0.29) is 18.7 Å². The minimum Gasteiger partial charge on any atom is -0.497 e. The molecule has 0 unspecified atom stereocenters. The zero-order valence-electron chi connectivity index (χ0n) is 15.4. The van der Waals surface area contributed by atoms with Gasteiger partial charge < -0.3 is 24.5 Å². The Balaban J connectivity index is 1.88. The average Bonchev–Trinajstić information content (AvgIpc) is 3.12. The molecule has 1 aliphatic rings. The minimum absolute atomic E-state index is 0.0213. The molecular weight excluding hydrogens is 368 g/mol. The highest BCUT2D eigenvalue weighted by molar-refractivity contribution is 5.93. The Bertz CT molecular complexity index is 982. The van der Waals surface area contributed by atoms with Crippen LogP contribution in [0.5, 0.6) is 5.75 Å². The molecule has 9 nitrogen and oxygen atoms in total. The molecule has 0 bridgehead atoms. The van der Waals surface area contributed by atoms with Gasteiger partial charge in [0.1, 0.15) is 23.4 Å². The molecule has 1 saturated heterocycles. The lowest BCUT2D eigenvalue weighted by atomic mass is 10.0. The summed E-state index contributed by atoms with van der Waals surface area (Å²) in [4.78, 5) is 47.9. The molecule has 1 aromatic heterocycles. The molecule has 1 aromatic carbocycles. The Labute approximate surface area is 160 Å². The minimum atomic E-state index is -1.03. The molecule has 2 aromatic rings. The number of hydrogen-bond donors (Lipinski definition) is 2. The second kappa shape index (κ2) is 8.12. The van der Waals surface area contributed by atoms with E-state index >= 15 is 0 Å². The van der Waals surface area contributed by atoms with E-state index in [0.717, 1.165) is 0 Å². The average molecular weight is 388 g/mol. The Morgan fingerprint density at radius 1 is 1.29 bits per heavy atom. The van der Waals surface area contributed by atoms with Crippen LogP contribution >= 0.6 is 0 Å². The van der Waals surface area contributed by atoms with Crippen LogP contribution in [0.1, 0.15) is 18.4 Å². The predicted octanol–water partition coefficient (Wildman–Crippen LogP) is 0.281. The van der Waals surface area contributed by atoms with Crippen molar-refractivity contribution in [3.63, 3.8) is 0 Å². The number of rotatable bonds is 6. The summed E-state index contributed by atoms with van der Waals surface area (Å²) < 4.78 is 15.1. The number of ether oxygens (including phenoxy) is 2. The summed E-state index contributed by atoms with van der Waals surface area (Å²) in [6.07, 6.45) is 0.636. The fourth-order valence-electron chi connectivity index (χ4n) is 3.14. The van der Waals surface area contributed by atoms with E-state index in [1.54, 1.807) is 18.2 Å². The topological polar surface area (TPSA) is 124 Å². The van der Waals surface area contributed by atoms with Crippen LogP contribution < -0.4 is 21.0 Å². The number of methoxy groups -OCH3 is 2. The normalized spacial score (nSPS) is 17.1. The molecule has 0 aliphatic carbocycles. The van der Waals surface area contributed by atoms with E-state index < -0.39 is 29.6 Å². The van der Waals surface area contributed by atoms with Gasteiger partial charge in [-0.2, -0.15) is 0 Å². The van der Waals surface area contributed by atoms with Gasteiger partial charge in [-0.3, -0.25) is 9.59 Å². The molecular formula is C19H20N2O7. The summed E-state index contributed by atoms with van der Waals surface area (Å²) in [5, 5.41) is 5.76. The first kappa shape index (κ1) is 19.4. The van der Waals surface area contributed by atoms with Crippen molar-refractivity contribution in [2.75, 3.05) is 14.2 Å². The molecule has 2 heterocycles. The van der Waals surface area contributed by atoms with Crippen LogP contribution in [0.4, 0.5) is 0 Å². The third-order valence-electron chi connectivity index (χ3n) is 4.58. The van der Waals surface area contributed by atoms with Crippen molar-refractivity contribution < 1.29 is 28.3 Å². The van der Waals surface area contributed by atoms with E-state index in [1.807, 2.05) is 0 Å². The summed E-state index contributed by atoms with van der Waals surface area (Å²) in [7, 11) is 2.70. The van der Waals surface area contributed by atoms with Gasteiger partial charge in [-0.25, -0.2) is 9.59 Å². The van der Waals surface area contributed by atoms with Crippen LogP contribution in [0.25, 0.3) is 11.0 Å². The van der Waals surface area contributed by atoms with Crippen molar-refractivity contribution in [3.05, 3.63) is 40.2 Å². The Hall–Kier alpha value is -3.36. The van der Waals surface area contributed by atoms with Crippen LogP contribution in [0.2, 0.25) is 0 Å². The third-order valence-corrected chi connectivity index (χ3v) is 4.58. The summed E-state index contributed by atoms with van der Waals surface area (Å²) in [6.45, 7) is 0. The van der Waals surface area contributed by atoms with Crippen molar-refractivity contribution >= 4 is 28.8 Å². The lowest BCUT2D eigenvalue weighted by molar-refractivity contribution is -0.145. The molecule has 2 amide bonds. The van der Waals surface area contributed by atoms with Gasteiger partial charge >= 0.3 is 11.6 Å². The Morgan fingerprint density at radius 3 is 2.71 bits per heavy atom. The highest BCUT2D eigenvalue weighted by Crippen LogP contribution is 2.23. The summed E-state index contributed by atoms with van der Waals surface area (Å²) in [5.74, 6) is -0.833. The van der Waals surface area contributed by atoms with Crippen molar-refractivity contribution in [3.8, 4) is 5.75 Å². The molecule has 0 saturated carbocycles. The van der Waals surface area contributed by atoms with E-state index in [1.165, 1.54) is 20.3 Å². The van der Waals surface area contributed by atoms with Gasteiger partial charge in [-0.15, -0.1) is 0 Å².